The van der Waals surface area contributed by atoms with E-state index in [0.29, 0.717) is 17.1 Å². The molecule has 0 heterocycles. The molecule has 0 spiro atoms. The molecule has 0 aliphatic carbocycles. The van der Waals surface area contributed by atoms with E-state index in [1.54, 1.807) is 57.7 Å². The Morgan fingerprint density at radius 1 is 0.864 bits per heavy atom. The first-order chi connectivity index (χ1) is 10.7. The molecule has 0 saturated carbocycles. The monoisotopic (exact) mass is 298 g/mol. The van der Waals surface area contributed by atoms with Gasteiger partial charge in [0.2, 0.25) is 0 Å². The molecule has 0 amide bonds. The van der Waals surface area contributed by atoms with E-state index >= 15 is 0 Å². The minimum absolute atomic E-state index is 0.0718. The molecule has 0 aliphatic rings. The average molecular weight is 298 g/mol. The number of ether oxygens (including phenoxy) is 3. The zero-order chi connectivity index (χ0) is 15.9. The Balaban J connectivity index is 2.14. The maximum absolute atomic E-state index is 12.1. The van der Waals surface area contributed by atoms with Gasteiger partial charge in [-0.25, -0.2) is 0 Å². The van der Waals surface area contributed by atoms with E-state index in [0.717, 1.165) is 11.3 Å². The van der Waals surface area contributed by atoms with Gasteiger partial charge in [0.1, 0.15) is 5.75 Å². The van der Waals surface area contributed by atoms with Gasteiger partial charge in [-0.3, -0.25) is 4.79 Å². The number of methoxy groups -OCH3 is 3. The zero-order valence-electron chi connectivity index (χ0n) is 12.8. The van der Waals surface area contributed by atoms with Crippen molar-refractivity contribution in [1.29, 1.82) is 0 Å². The Morgan fingerprint density at radius 3 is 2.14 bits per heavy atom. The Morgan fingerprint density at radius 2 is 1.55 bits per heavy atom. The molecule has 4 nitrogen and oxygen atoms in total. The maximum atomic E-state index is 12.1. The normalized spacial score (nSPS) is 10.5. The van der Waals surface area contributed by atoms with Gasteiger partial charge < -0.3 is 14.2 Å². The molecular formula is C18H18O4. The lowest BCUT2D eigenvalue weighted by Crippen LogP contribution is -1.94. The van der Waals surface area contributed by atoms with E-state index in [2.05, 4.69) is 0 Å². The first-order valence-corrected chi connectivity index (χ1v) is 6.76. The highest BCUT2D eigenvalue weighted by Gasteiger charge is 2.04. The molecule has 0 aliphatic heterocycles. The van der Waals surface area contributed by atoms with Crippen LogP contribution in [0.5, 0.6) is 17.2 Å². The predicted molar refractivity (Wildman–Crippen MR) is 85.9 cm³/mol. The lowest BCUT2D eigenvalue weighted by molar-refractivity contribution is 0.104. The quantitative estimate of drug-likeness (QED) is 0.603. The number of allylic oxidation sites excluding steroid dienone is 1. The molecule has 0 aromatic heterocycles. The molecule has 22 heavy (non-hydrogen) atoms. The molecule has 114 valence electrons. The van der Waals surface area contributed by atoms with Crippen LogP contribution in [0.3, 0.4) is 0 Å². The minimum Gasteiger partial charge on any atom is -0.497 e. The third-order valence-corrected chi connectivity index (χ3v) is 3.21. The summed E-state index contributed by atoms with van der Waals surface area (Å²) in [6.07, 6.45) is 3.28. The lowest BCUT2D eigenvalue weighted by Gasteiger charge is -2.07. The van der Waals surface area contributed by atoms with Crippen LogP contribution in [-0.4, -0.2) is 27.1 Å². The van der Waals surface area contributed by atoms with Crippen LogP contribution < -0.4 is 14.2 Å². The highest BCUT2D eigenvalue weighted by molar-refractivity contribution is 6.06. The highest BCUT2D eigenvalue weighted by Crippen LogP contribution is 2.28. The molecule has 2 rings (SSSR count). The number of carbonyl (C=O) groups excluding carboxylic acids is 1. The lowest BCUT2D eigenvalue weighted by atomic mass is 10.1. The van der Waals surface area contributed by atoms with Gasteiger partial charge in [0, 0.05) is 5.56 Å². The van der Waals surface area contributed by atoms with Crippen LogP contribution in [0.4, 0.5) is 0 Å². The summed E-state index contributed by atoms with van der Waals surface area (Å²) in [5.74, 6) is 1.93. The summed E-state index contributed by atoms with van der Waals surface area (Å²) in [5.41, 5.74) is 1.47. The highest BCUT2D eigenvalue weighted by atomic mass is 16.5. The first kappa shape index (κ1) is 15.6. The van der Waals surface area contributed by atoms with Crippen molar-refractivity contribution >= 4 is 11.9 Å². The van der Waals surface area contributed by atoms with Crippen LogP contribution in [0.25, 0.3) is 6.08 Å². The van der Waals surface area contributed by atoms with Gasteiger partial charge in [0.05, 0.1) is 21.3 Å². The summed E-state index contributed by atoms with van der Waals surface area (Å²) >= 11 is 0. The molecule has 0 N–H and O–H groups in total. The smallest absolute Gasteiger partial charge is 0.185 e. The van der Waals surface area contributed by atoms with E-state index < -0.39 is 0 Å². The van der Waals surface area contributed by atoms with Crippen molar-refractivity contribution in [2.75, 3.05) is 21.3 Å². The number of ketones is 1. The molecule has 0 atom stereocenters. The third-order valence-electron chi connectivity index (χ3n) is 3.21. The van der Waals surface area contributed by atoms with Gasteiger partial charge in [-0.15, -0.1) is 0 Å². The van der Waals surface area contributed by atoms with E-state index in [-0.39, 0.29) is 5.78 Å². The number of hydrogen-bond donors (Lipinski definition) is 0. The Labute approximate surface area is 129 Å². The SMILES string of the molecule is COc1ccc(C(=O)C=Cc2ccc(OC)c(OC)c2)cc1. The minimum atomic E-state index is -0.0718. The maximum Gasteiger partial charge on any atom is 0.185 e. The summed E-state index contributed by atoms with van der Waals surface area (Å²) in [6.45, 7) is 0. The van der Waals surface area contributed by atoms with Gasteiger partial charge in [0.25, 0.3) is 0 Å². The Hall–Kier alpha value is -2.75. The number of rotatable bonds is 6. The molecule has 0 fully saturated rings. The standard InChI is InChI=1S/C18H18O4/c1-20-15-8-6-14(7-9-15)16(19)10-4-13-5-11-17(21-2)18(12-13)22-3/h4-12H,1-3H3. The first-order valence-electron chi connectivity index (χ1n) is 6.76. The second-order valence-electron chi connectivity index (χ2n) is 4.54. The molecule has 0 bridgehead atoms. The fourth-order valence-electron chi connectivity index (χ4n) is 1.98. The molecule has 0 unspecified atom stereocenters. The largest absolute Gasteiger partial charge is 0.497 e. The summed E-state index contributed by atoms with van der Waals surface area (Å²) in [6, 6.07) is 12.5. The molecule has 2 aromatic rings. The van der Waals surface area contributed by atoms with E-state index in [4.69, 9.17) is 14.2 Å². The van der Waals surface area contributed by atoms with E-state index in [1.165, 1.54) is 6.08 Å². The van der Waals surface area contributed by atoms with Crippen LogP contribution in [0.1, 0.15) is 15.9 Å². The topological polar surface area (TPSA) is 44.8 Å². The summed E-state index contributed by atoms with van der Waals surface area (Å²) in [7, 11) is 4.75. The van der Waals surface area contributed by atoms with Gasteiger partial charge >= 0.3 is 0 Å². The number of hydrogen-bond acceptors (Lipinski definition) is 4. The molecule has 2 aromatic carbocycles. The van der Waals surface area contributed by atoms with Gasteiger partial charge in [-0.2, -0.15) is 0 Å². The van der Waals surface area contributed by atoms with Crippen molar-refractivity contribution in [2.45, 2.75) is 0 Å². The molecule has 0 radical (unpaired) electrons. The number of benzene rings is 2. The fraction of sp³-hybridized carbons (Fsp3) is 0.167. The van der Waals surface area contributed by atoms with Crippen molar-refractivity contribution in [3.63, 3.8) is 0 Å². The second-order valence-corrected chi connectivity index (χ2v) is 4.54. The molecule has 4 heteroatoms. The van der Waals surface area contributed by atoms with Crippen molar-refractivity contribution in [3.05, 3.63) is 59.7 Å². The van der Waals surface area contributed by atoms with Crippen molar-refractivity contribution < 1.29 is 19.0 Å². The third kappa shape index (κ3) is 3.67. The summed E-state index contributed by atoms with van der Waals surface area (Å²) < 4.78 is 15.5. The van der Waals surface area contributed by atoms with Crippen LogP contribution in [0.15, 0.2) is 48.5 Å². The van der Waals surface area contributed by atoms with Crippen molar-refractivity contribution in [2.24, 2.45) is 0 Å². The molecule has 0 saturated heterocycles. The number of carbonyl (C=O) groups is 1. The summed E-state index contributed by atoms with van der Waals surface area (Å²) in [4.78, 5) is 12.1. The zero-order valence-corrected chi connectivity index (χ0v) is 12.8. The fourth-order valence-corrected chi connectivity index (χ4v) is 1.98. The van der Waals surface area contributed by atoms with Crippen LogP contribution in [0, 0.1) is 0 Å². The second kappa shape index (κ2) is 7.31. The van der Waals surface area contributed by atoms with E-state index in [1.807, 2.05) is 12.1 Å². The van der Waals surface area contributed by atoms with Crippen molar-refractivity contribution in [3.8, 4) is 17.2 Å². The van der Waals surface area contributed by atoms with Gasteiger partial charge in [-0.05, 0) is 48.0 Å². The van der Waals surface area contributed by atoms with Crippen LogP contribution >= 0.6 is 0 Å². The predicted octanol–water partition coefficient (Wildman–Crippen LogP) is 3.61. The summed E-state index contributed by atoms with van der Waals surface area (Å²) in [5, 5.41) is 0. The van der Waals surface area contributed by atoms with Crippen molar-refractivity contribution in [1.82, 2.24) is 0 Å². The Bertz CT molecular complexity index is 672. The van der Waals surface area contributed by atoms with Crippen LogP contribution in [-0.2, 0) is 0 Å². The van der Waals surface area contributed by atoms with Gasteiger partial charge in [0.15, 0.2) is 17.3 Å². The Kier molecular flexibility index (Phi) is 5.20. The van der Waals surface area contributed by atoms with Gasteiger partial charge in [-0.1, -0.05) is 12.1 Å². The van der Waals surface area contributed by atoms with E-state index in [9.17, 15) is 4.79 Å². The van der Waals surface area contributed by atoms with Crippen LogP contribution in [0.2, 0.25) is 0 Å². The molecular weight excluding hydrogens is 280 g/mol. The average Bonchev–Trinajstić information content (AvgIpc) is 2.59.